The number of halogens is 1. The number of carbonyl (C=O) groups is 2. The summed E-state index contributed by atoms with van der Waals surface area (Å²) in [5, 5.41) is 10.1. The van der Waals surface area contributed by atoms with E-state index in [-0.39, 0.29) is 10.6 Å². The van der Waals surface area contributed by atoms with Crippen molar-refractivity contribution >= 4 is 34.6 Å². The van der Waals surface area contributed by atoms with Crippen LogP contribution in [0, 0.1) is 0 Å². The number of carboxylic acids is 1. The van der Waals surface area contributed by atoms with Gasteiger partial charge >= 0.3 is 12.1 Å². The SMILES string of the molecule is CC(C)(C)OC(=O)N1Cc2cc(Cl)c(C(=O)O)c3ccn(c23)C1. The Morgan fingerprint density at radius 3 is 2.65 bits per heavy atom. The van der Waals surface area contributed by atoms with Crippen LogP contribution in [0.3, 0.4) is 0 Å². The average molecular weight is 337 g/mol. The Morgan fingerprint density at radius 1 is 1.35 bits per heavy atom. The number of carboxylic acid groups (broad SMARTS) is 1. The molecule has 0 aliphatic carbocycles. The van der Waals surface area contributed by atoms with Gasteiger partial charge in [-0.05, 0) is 38.5 Å². The molecule has 0 unspecified atom stereocenters. The van der Waals surface area contributed by atoms with Crippen molar-refractivity contribution in [1.29, 1.82) is 0 Å². The monoisotopic (exact) mass is 336 g/mol. The van der Waals surface area contributed by atoms with Crippen LogP contribution >= 0.6 is 11.6 Å². The van der Waals surface area contributed by atoms with Crippen molar-refractivity contribution in [1.82, 2.24) is 9.47 Å². The third kappa shape index (κ3) is 2.74. The predicted octanol–water partition coefficient (Wildman–Crippen LogP) is 3.70. The van der Waals surface area contributed by atoms with E-state index in [9.17, 15) is 14.7 Å². The molecular weight excluding hydrogens is 320 g/mol. The van der Waals surface area contributed by atoms with Crippen LogP contribution < -0.4 is 0 Å². The van der Waals surface area contributed by atoms with Crippen molar-refractivity contribution in [3.63, 3.8) is 0 Å². The lowest BCUT2D eigenvalue weighted by Crippen LogP contribution is -2.39. The average Bonchev–Trinajstić information content (AvgIpc) is 2.80. The van der Waals surface area contributed by atoms with Gasteiger partial charge in [-0.25, -0.2) is 9.59 Å². The number of ether oxygens (including phenoxy) is 1. The summed E-state index contributed by atoms with van der Waals surface area (Å²) in [4.78, 5) is 25.3. The molecule has 0 saturated heterocycles. The highest BCUT2D eigenvalue weighted by Gasteiger charge is 2.29. The molecule has 1 aromatic heterocycles. The zero-order valence-corrected chi connectivity index (χ0v) is 13.8. The van der Waals surface area contributed by atoms with Gasteiger partial charge in [0, 0.05) is 11.6 Å². The fraction of sp³-hybridized carbons (Fsp3) is 0.375. The number of hydrogen-bond donors (Lipinski definition) is 1. The van der Waals surface area contributed by atoms with Gasteiger partial charge in [-0.1, -0.05) is 11.6 Å². The van der Waals surface area contributed by atoms with Crippen LogP contribution in [0.2, 0.25) is 5.02 Å². The third-order valence-corrected chi connectivity index (χ3v) is 3.92. The second-order valence-electron chi connectivity index (χ2n) is 6.57. The minimum absolute atomic E-state index is 0.0925. The zero-order valence-electron chi connectivity index (χ0n) is 13.1. The molecule has 23 heavy (non-hydrogen) atoms. The molecule has 0 bridgehead atoms. The van der Waals surface area contributed by atoms with Gasteiger partial charge in [-0.3, -0.25) is 4.90 Å². The Balaban J connectivity index is 2.02. The Morgan fingerprint density at radius 2 is 2.04 bits per heavy atom. The lowest BCUT2D eigenvalue weighted by Gasteiger charge is -2.31. The molecule has 0 radical (unpaired) electrons. The van der Waals surface area contributed by atoms with Crippen molar-refractivity contribution in [2.45, 2.75) is 39.6 Å². The first-order valence-electron chi connectivity index (χ1n) is 7.19. The number of carbonyl (C=O) groups excluding carboxylic acids is 1. The molecule has 2 heterocycles. The van der Waals surface area contributed by atoms with Crippen molar-refractivity contribution in [3.05, 3.63) is 34.5 Å². The van der Waals surface area contributed by atoms with Gasteiger partial charge in [0.15, 0.2) is 0 Å². The maximum absolute atomic E-state index is 12.3. The second kappa shape index (κ2) is 5.16. The maximum atomic E-state index is 12.3. The van der Waals surface area contributed by atoms with Crippen LogP contribution in [0.5, 0.6) is 0 Å². The predicted molar refractivity (Wildman–Crippen MR) is 85.7 cm³/mol. The molecule has 2 aromatic rings. The van der Waals surface area contributed by atoms with Crippen LogP contribution in [-0.4, -0.2) is 32.2 Å². The topological polar surface area (TPSA) is 71.8 Å². The number of nitrogens with zero attached hydrogens (tertiary/aromatic N) is 2. The minimum Gasteiger partial charge on any atom is -0.478 e. The molecule has 122 valence electrons. The maximum Gasteiger partial charge on any atom is 0.412 e. The summed E-state index contributed by atoms with van der Waals surface area (Å²) in [6.07, 6.45) is 1.34. The summed E-state index contributed by atoms with van der Waals surface area (Å²) < 4.78 is 7.24. The lowest BCUT2D eigenvalue weighted by atomic mass is 10.0. The normalized spacial score (nSPS) is 14.2. The van der Waals surface area contributed by atoms with Crippen LogP contribution in [0.25, 0.3) is 10.9 Å². The molecule has 1 aromatic carbocycles. The molecule has 7 heteroatoms. The van der Waals surface area contributed by atoms with Gasteiger partial charge in [-0.15, -0.1) is 0 Å². The molecule has 0 spiro atoms. The van der Waals surface area contributed by atoms with Gasteiger partial charge in [-0.2, -0.15) is 0 Å². The fourth-order valence-electron chi connectivity index (χ4n) is 2.80. The molecule has 0 saturated carbocycles. The molecular formula is C16H17ClN2O4. The highest BCUT2D eigenvalue weighted by molar-refractivity contribution is 6.35. The first-order chi connectivity index (χ1) is 10.7. The Kier molecular flexibility index (Phi) is 3.52. The lowest BCUT2D eigenvalue weighted by molar-refractivity contribution is 0.0161. The molecule has 3 rings (SSSR count). The summed E-state index contributed by atoms with van der Waals surface area (Å²) in [6, 6.07) is 3.33. The summed E-state index contributed by atoms with van der Waals surface area (Å²) in [5.74, 6) is -1.06. The van der Waals surface area contributed by atoms with E-state index >= 15 is 0 Å². The van der Waals surface area contributed by atoms with Crippen LogP contribution in [0.15, 0.2) is 18.3 Å². The summed E-state index contributed by atoms with van der Waals surface area (Å²) in [7, 11) is 0. The number of benzene rings is 1. The van der Waals surface area contributed by atoms with Gasteiger partial charge in [0.1, 0.15) is 12.3 Å². The first-order valence-corrected chi connectivity index (χ1v) is 7.56. The third-order valence-electron chi connectivity index (χ3n) is 3.63. The number of rotatable bonds is 1. The summed E-state index contributed by atoms with van der Waals surface area (Å²) >= 11 is 6.12. The molecule has 1 N–H and O–H groups in total. The second-order valence-corrected chi connectivity index (χ2v) is 6.97. The highest BCUT2D eigenvalue weighted by atomic mass is 35.5. The van der Waals surface area contributed by atoms with Crippen LogP contribution in [0.1, 0.15) is 36.7 Å². The van der Waals surface area contributed by atoms with Gasteiger partial charge in [0.05, 0.1) is 22.6 Å². The van der Waals surface area contributed by atoms with E-state index in [0.717, 1.165) is 11.1 Å². The fourth-order valence-corrected chi connectivity index (χ4v) is 3.11. The number of aromatic nitrogens is 1. The number of aromatic carboxylic acids is 1. The first kappa shape index (κ1) is 15.7. The van der Waals surface area contributed by atoms with Crippen molar-refractivity contribution in [2.24, 2.45) is 0 Å². The molecule has 0 atom stereocenters. The van der Waals surface area contributed by atoms with Crippen molar-refractivity contribution in [3.8, 4) is 0 Å². The molecule has 1 amide bonds. The van der Waals surface area contributed by atoms with Crippen LogP contribution in [-0.2, 0) is 18.0 Å². The van der Waals surface area contributed by atoms with Gasteiger partial charge < -0.3 is 14.4 Å². The van der Waals surface area contributed by atoms with Gasteiger partial charge in [0.2, 0.25) is 0 Å². The van der Waals surface area contributed by atoms with Crippen molar-refractivity contribution in [2.75, 3.05) is 0 Å². The van der Waals surface area contributed by atoms with E-state index in [1.165, 1.54) is 0 Å². The van der Waals surface area contributed by atoms with E-state index in [0.29, 0.717) is 18.6 Å². The summed E-state index contributed by atoms with van der Waals surface area (Å²) in [6.45, 7) is 6.08. The van der Waals surface area contributed by atoms with Crippen LogP contribution in [0.4, 0.5) is 4.79 Å². The molecule has 0 fully saturated rings. The van der Waals surface area contributed by atoms with E-state index in [2.05, 4.69) is 0 Å². The molecule has 1 aliphatic heterocycles. The van der Waals surface area contributed by atoms with Crippen molar-refractivity contribution < 1.29 is 19.4 Å². The van der Waals surface area contributed by atoms with E-state index in [4.69, 9.17) is 16.3 Å². The molecule has 1 aliphatic rings. The molecule has 6 nitrogen and oxygen atoms in total. The Bertz CT molecular complexity index is 820. The van der Waals surface area contributed by atoms with Gasteiger partial charge in [0.25, 0.3) is 0 Å². The Labute approximate surface area is 138 Å². The standard InChI is InChI=1S/C16H17ClN2O4/c1-16(2,3)23-15(22)19-7-9-6-11(17)12(14(20)21)10-4-5-18(8-19)13(9)10/h4-6H,7-8H2,1-3H3,(H,20,21). The number of amides is 1. The van der Waals surface area contributed by atoms with E-state index in [1.807, 2.05) is 25.3 Å². The number of hydrogen-bond acceptors (Lipinski definition) is 3. The van der Waals surface area contributed by atoms with E-state index in [1.54, 1.807) is 23.2 Å². The minimum atomic E-state index is -1.06. The summed E-state index contributed by atoms with van der Waals surface area (Å²) in [5.41, 5.74) is 1.12. The Hall–Kier alpha value is -2.21. The quantitative estimate of drug-likeness (QED) is 0.861. The van der Waals surface area contributed by atoms with E-state index < -0.39 is 17.7 Å². The largest absolute Gasteiger partial charge is 0.478 e. The smallest absolute Gasteiger partial charge is 0.412 e. The zero-order chi connectivity index (χ0) is 16.9. The highest BCUT2D eigenvalue weighted by Crippen LogP contribution is 2.34.